The maximum atomic E-state index is 12.7. The van der Waals surface area contributed by atoms with E-state index in [4.69, 9.17) is 38.9 Å². The van der Waals surface area contributed by atoms with Gasteiger partial charge in [-0.3, -0.25) is 4.79 Å². The molecule has 0 aliphatic heterocycles. The quantitative estimate of drug-likeness (QED) is 0.0850. The Bertz CT molecular complexity index is 1020. The molecule has 12 heteroatoms. The molecular weight excluding hydrogens is 562 g/mol. The van der Waals surface area contributed by atoms with Gasteiger partial charge in [-0.15, -0.1) is 0 Å². The normalized spacial score (nSPS) is 14.3. The Balaban J connectivity index is 2.87. The molecule has 0 radical (unpaired) electrons. The van der Waals surface area contributed by atoms with E-state index in [2.05, 4.69) is 0 Å². The third-order valence-electron chi connectivity index (χ3n) is 6.73. The minimum Gasteiger partial charge on any atom is -0.458 e. The third kappa shape index (κ3) is 15.5. The zero-order valence-corrected chi connectivity index (χ0v) is 26.6. The van der Waals surface area contributed by atoms with Crippen molar-refractivity contribution in [3.8, 4) is 11.5 Å². The maximum Gasteiger partial charge on any atom is 0.513 e. The summed E-state index contributed by atoms with van der Waals surface area (Å²) in [6.45, 7) is 13.5. The van der Waals surface area contributed by atoms with Gasteiger partial charge >= 0.3 is 24.4 Å². The Hall–Kier alpha value is -3.54. The van der Waals surface area contributed by atoms with E-state index in [1.54, 1.807) is 19.9 Å². The number of carbonyl (C=O) groups is 4. The minimum absolute atomic E-state index is 0.00270. The molecule has 0 aromatic heterocycles. The summed E-state index contributed by atoms with van der Waals surface area (Å²) >= 11 is 0. The van der Waals surface area contributed by atoms with Crippen LogP contribution in [0.4, 0.5) is 14.4 Å². The molecular formula is C31H49NO11. The van der Waals surface area contributed by atoms with Crippen molar-refractivity contribution in [3.63, 3.8) is 0 Å². The highest BCUT2D eigenvalue weighted by molar-refractivity contribution is 5.76. The van der Waals surface area contributed by atoms with Crippen molar-refractivity contribution >= 4 is 24.4 Å². The second-order valence-electron chi connectivity index (χ2n) is 10.7. The number of carbonyl (C=O) groups excluding carboxylic acids is 4. The Labute approximate surface area is 254 Å². The van der Waals surface area contributed by atoms with Gasteiger partial charge in [-0.05, 0) is 56.2 Å². The van der Waals surface area contributed by atoms with Crippen LogP contribution in [-0.4, -0.2) is 62.5 Å². The lowest BCUT2D eigenvalue weighted by Crippen LogP contribution is -2.39. The lowest BCUT2D eigenvalue weighted by Gasteiger charge is -2.22. The van der Waals surface area contributed by atoms with E-state index in [0.29, 0.717) is 5.56 Å². The monoisotopic (exact) mass is 611 g/mol. The largest absolute Gasteiger partial charge is 0.513 e. The summed E-state index contributed by atoms with van der Waals surface area (Å²) in [6, 6.07) is 3.28. The van der Waals surface area contributed by atoms with Crippen molar-refractivity contribution in [3.05, 3.63) is 23.8 Å². The fraction of sp³-hybridized carbons (Fsp3) is 0.677. The second kappa shape index (κ2) is 20.4. The first-order valence-electron chi connectivity index (χ1n) is 15.0. The summed E-state index contributed by atoms with van der Waals surface area (Å²) in [6.07, 6.45) is -0.0532. The number of ether oxygens (including phenoxy) is 7. The molecule has 0 amide bonds. The first-order valence-corrected chi connectivity index (χ1v) is 15.0. The molecule has 2 N–H and O–H groups in total. The Morgan fingerprint density at radius 2 is 1.28 bits per heavy atom. The van der Waals surface area contributed by atoms with Gasteiger partial charge in [-0.2, -0.15) is 0 Å². The van der Waals surface area contributed by atoms with E-state index < -0.39 is 42.7 Å². The van der Waals surface area contributed by atoms with Crippen molar-refractivity contribution in [1.29, 1.82) is 0 Å². The highest BCUT2D eigenvalue weighted by Gasteiger charge is 2.25. The standard InChI is InChI=1S/C31H49NO11/c1-8-11-12-15-37-29(34)41-23(7)22(6)40-28(33)25(32)16-24-13-14-26(42-30(35)38-18-20(4)9-2)27(17-24)43-31(36)39-19-21(5)10-3/h13-14,17,20-23,25H,8-12,15-16,18-19,32H2,1-7H3/t20?,21?,22-,23-,25-/m0/s1. The third-order valence-corrected chi connectivity index (χ3v) is 6.73. The molecule has 1 aromatic carbocycles. The predicted molar refractivity (Wildman–Crippen MR) is 158 cm³/mol. The molecule has 0 bridgehead atoms. The predicted octanol–water partition coefficient (Wildman–Crippen LogP) is 6.34. The summed E-state index contributed by atoms with van der Waals surface area (Å²) in [5.74, 6) is -0.648. The molecule has 5 atom stereocenters. The number of rotatable bonds is 18. The summed E-state index contributed by atoms with van der Waals surface area (Å²) in [4.78, 5) is 49.1. The Morgan fingerprint density at radius 1 is 0.721 bits per heavy atom. The summed E-state index contributed by atoms with van der Waals surface area (Å²) in [5, 5.41) is 0. The Kier molecular flexibility index (Phi) is 17.8. The van der Waals surface area contributed by atoms with Crippen LogP contribution < -0.4 is 15.2 Å². The van der Waals surface area contributed by atoms with Crippen LogP contribution in [0.5, 0.6) is 11.5 Å². The van der Waals surface area contributed by atoms with E-state index in [-0.39, 0.29) is 49.6 Å². The number of benzene rings is 1. The molecule has 0 saturated carbocycles. The van der Waals surface area contributed by atoms with Crippen LogP contribution in [0.3, 0.4) is 0 Å². The van der Waals surface area contributed by atoms with E-state index >= 15 is 0 Å². The Morgan fingerprint density at radius 3 is 1.84 bits per heavy atom. The van der Waals surface area contributed by atoms with Crippen LogP contribution in [0.15, 0.2) is 18.2 Å². The molecule has 1 aromatic rings. The van der Waals surface area contributed by atoms with Gasteiger partial charge in [-0.1, -0.05) is 66.4 Å². The molecule has 1 rings (SSSR count). The SMILES string of the molecule is CCCCCOC(=O)O[C@@H](C)[C@H](C)OC(=O)[C@@H](N)Cc1ccc(OC(=O)OCC(C)CC)c(OC(=O)OCC(C)CC)c1. The molecule has 244 valence electrons. The molecule has 43 heavy (non-hydrogen) atoms. The van der Waals surface area contributed by atoms with Crippen molar-refractivity contribution < 1.29 is 52.3 Å². The molecule has 0 fully saturated rings. The second-order valence-corrected chi connectivity index (χ2v) is 10.7. The molecule has 0 aliphatic carbocycles. The van der Waals surface area contributed by atoms with E-state index in [1.165, 1.54) is 12.1 Å². The smallest absolute Gasteiger partial charge is 0.458 e. The van der Waals surface area contributed by atoms with Gasteiger partial charge < -0.3 is 38.9 Å². The van der Waals surface area contributed by atoms with Crippen LogP contribution >= 0.6 is 0 Å². The first-order chi connectivity index (χ1) is 20.4. The number of unbranched alkanes of at least 4 members (excludes halogenated alkanes) is 2. The zero-order chi connectivity index (χ0) is 32.4. The zero-order valence-electron chi connectivity index (χ0n) is 26.6. The number of hydrogen-bond donors (Lipinski definition) is 1. The van der Waals surface area contributed by atoms with E-state index in [1.807, 2.05) is 34.6 Å². The van der Waals surface area contributed by atoms with Crippen molar-refractivity contribution in [2.75, 3.05) is 19.8 Å². The van der Waals surface area contributed by atoms with Gasteiger partial charge in [0.25, 0.3) is 0 Å². The van der Waals surface area contributed by atoms with Crippen LogP contribution in [0, 0.1) is 11.8 Å². The summed E-state index contributed by atoms with van der Waals surface area (Å²) < 4.78 is 36.5. The average Bonchev–Trinajstić information content (AvgIpc) is 2.97. The average molecular weight is 612 g/mol. The first kappa shape index (κ1) is 37.5. The molecule has 0 heterocycles. The van der Waals surface area contributed by atoms with Crippen LogP contribution in [-0.2, 0) is 34.9 Å². The van der Waals surface area contributed by atoms with Crippen molar-refractivity contribution in [1.82, 2.24) is 0 Å². The van der Waals surface area contributed by atoms with Gasteiger partial charge in [0.05, 0.1) is 19.8 Å². The maximum absolute atomic E-state index is 12.7. The van der Waals surface area contributed by atoms with Gasteiger partial charge in [0.15, 0.2) is 11.5 Å². The van der Waals surface area contributed by atoms with Crippen LogP contribution in [0.2, 0.25) is 0 Å². The molecule has 0 spiro atoms. The lowest BCUT2D eigenvalue weighted by atomic mass is 10.1. The number of hydrogen-bond acceptors (Lipinski definition) is 12. The molecule has 2 unspecified atom stereocenters. The molecule has 0 saturated heterocycles. The van der Waals surface area contributed by atoms with Gasteiger partial charge in [0.1, 0.15) is 18.2 Å². The lowest BCUT2D eigenvalue weighted by molar-refractivity contribution is -0.155. The fourth-order valence-electron chi connectivity index (χ4n) is 3.23. The van der Waals surface area contributed by atoms with Gasteiger partial charge in [0.2, 0.25) is 0 Å². The summed E-state index contributed by atoms with van der Waals surface area (Å²) in [7, 11) is 0. The van der Waals surface area contributed by atoms with E-state index in [0.717, 1.165) is 32.1 Å². The van der Waals surface area contributed by atoms with Gasteiger partial charge in [-0.25, -0.2) is 14.4 Å². The molecule has 12 nitrogen and oxygen atoms in total. The highest BCUT2D eigenvalue weighted by atomic mass is 16.7. The highest BCUT2D eigenvalue weighted by Crippen LogP contribution is 2.30. The number of esters is 1. The van der Waals surface area contributed by atoms with Gasteiger partial charge in [0, 0.05) is 0 Å². The summed E-state index contributed by atoms with van der Waals surface area (Å²) in [5.41, 5.74) is 6.58. The fourth-order valence-corrected chi connectivity index (χ4v) is 3.23. The van der Waals surface area contributed by atoms with Crippen LogP contribution in [0.25, 0.3) is 0 Å². The van der Waals surface area contributed by atoms with Crippen molar-refractivity contribution in [2.45, 2.75) is 105 Å². The van der Waals surface area contributed by atoms with Crippen LogP contribution in [0.1, 0.15) is 86.1 Å². The number of nitrogens with two attached hydrogens (primary N) is 1. The van der Waals surface area contributed by atoms with Crippen molar-refractivity contribution in [2.24, 2.45) is 17.6 Å². The topological polar surface area (TPSA) is 159 Å². The molecule has 0 aliphatic rings. The van der Waals surface area contributed by atoms with E-state index in [9.17, 15) is 19.2 Å². The minimum atomic E-state index is -1.10.